The van der Waals surface area contributed by atoms with Crippen molar-refractivity contribution in [3.05, 3.63) is 24.3 Å². The second kappa shape index (κ2) is 8.65. The van der Waals surface area contributed by atoms with Gasteiger partial charge in [-0.2, -0.15) is 0 Å². The van der Waals surface area contributed by atoms with Crippen LogP contribution in [0.5, 0.6) is 5.75 Å². The van der Waals surface area contributed by atoms with Gasteiger partial charge in [0, 0.05) is 33.2 Å². The fourth-order valence-electron chi connectivity index (χ4n) is 2.74. The van der Waals surface area contributed by atoms with Crippen molar-refractivity contribution in [3.8, 4) is 5.75 Å². The van der Waals surface area contributed by atoms with Crippen LogP contribution in [0.3, 0.4) is 0 Å². The zero-order valence-corrected chi connectivity index (χ0v) is 14.5. The Labute approximate surface area is 142 Å². The molecule has 1 fully saturated rings. The van der Waals surface area contributed by atoms with Crippen molar-refractivity contribution in [1.29, 1.82) is 0 Å². The molecule has 1 heterocycles. The molecule has 2 N–H and O–H groups in total. The van der Waals surface area contributed by atoms with Crippen molar-refractivity contribution in [1.82, 2.24) is 15.1 Å². The molecule has 0 bridgehead atoms. The number of rotatable bonds is 6. The topological polar surface area (TPSA) is 73.9 Å². The molecule has 1 saturated heterocycles. The Morgan fingerprint density at radius 1 is 1.21 bits per heavy atom. The van der Waals surface area contributed by atoms with Crippen LogP contribution in [-0.4, -0.2) is 74.5 Å². The van der Waals surface area contributed by atoms with Crippen LogP contribution < -0.4 is 15.4 Å². The normalized spacial score (nSPS) is 17.1. The Bertz CT molecular complexity index is 571. The van der Waals surface area contributed by atoms with E-state index in [0.29, 0.717) is 18.0 Å². The van der Waals surface area contributed by atoms with E-state index in [2.05, 4.69) is 20.4 Å². The Morgan fingerprint density at radius 2 is 1.88 bits per heavy atom. The molecule has 132 valence electrons. The van der Waals surface area contributed by atoms with Gasteiger partial charge < -0.3 is 15.4 Å². The zero-order chi connectivity index (χ0) is 17.5. The third-order valence-corrected chi connectivity index (χ3v) is 4.34. The van der Waals surface area contributed by atoms with E-state index in [1.54, 1.807) is 14.2 Å². The number of hydrogen-bond donors (Lipinski definition) is 2. The van der Waals surface area contributed by atoms with E-state index in [0.717, 1.165) is 26.2 Å². The number of nitrogens with one attached hydrogen (secondary N) is 2. The first-order valence-electron chi connectivity index (χ1n) is 8.16. The Kier molecular flexibility index (Phi) is 6.57. The van der Waals surface area contributed by atoms with E-state index in [9.17, 15) is 9.59 Å². The summed E-state index contributed by atoms with van der Waals surface area (Å²) in [5.41, 5.74) is 0.676. The van der Waals surface area contributed by atoms with Crippen molar-refractivity contribution in [3.63, 3.8) is 0 Å². The first-order chi connectivity index (χ1) is 11.5. The fraction of sp³-hybridized carbons (Fsp3) is 0.529. The third-order valence-electron chi connectivity index (χ3n) is 4.34. The van der Waals surface area contributed by atoms with Gasteiger partial charge in [-0.3, -0.25) is 19.4 Å². The predicted octanol–water partition coefficient (Wildman–Crippen LogP) is 0.386. The monoisotopic (exact) mass is 334 g/mol. The van der Waals surface area contributed by atoms with Crippen LogP contribution in [0.1, 0.15) is 6.92 Å². The van der Waals surface area contributed by atoms with Crippen LogP contribution in [-0.2, 0) is 9.59 Å². The second-order valence-electron chi connectivity index (χ2n) is 5.85. The van der Waals surface area contributed by atoms with E-state index in [1.165, 1.54) is 0 Å². The summed E-state index contributed by atoms with van der Waals surface area (Å²) >= 11 is 0. The quantitative estimate of drug-likeness (QED) is 0.787. The van der Waals surface area contributed by atoms with Gasteiger partial charge in [0.05, 0.1) is 25.4 Å². The SMILES string of the molecule is CNC(=O)CN1CCN([C@H](C)C(=O)Nc2ccccc2OC)CC1. The number of hydrogen-bond acceptors (Lipinski definition) is 5. The molecule has 24 heavy (non-hydrogen) atoms. The molecular weight excluding hydrogens is 308 g/mol. The van der Waals surface area contributed by atoms with Gasteiger partial charge in [0.15, 0.2) is 0 Å². The lowest BCUT2D eigenvalue weighted by Crippen LogP contribution is -2.54. The summed E-state index contributed by atoms with van der Waals surface area (Å²) < 4.78 is 5.26. The number of amides is 2. The molecule has 7 heteroatoms. The van der Waals surface area contributed by atoms with E-state index >= 15 is 0 Å². The third kappa shape index (κ3) is 4.69. The lowest BCUT2D eigenvalue weighted by molar-refractivity contribution is -0.124. The van der Waals surface area contributed by atoms with Gasteiger partial charge in [0.2, 0.25) is 11.8 Å². The number of benzene rings is 1. The molecular formula is C17H26N4O3. The molecule has 0 saturated carbocycles. The lowest BCUT2D eigenvalue weighted by Gasteiger charge is -2.37. The molecule has 1 aliphatic rings. The average Bonchev–Trinajstić information content (AvgIpc) is 2.62. The molecule has 0 unspecified atom stereocenters. The molecule has 1 aliphatic heterocycles. The highest BCUT2D eigenvalue weighted by molar-refractivity contribution is 5.95. The summed E-state index contributed by atoms with van der Waals surface area (Å²) in [7, 11) is 3.23. The summed E-state index contributed by atoms with van der Waals surface area (Å²) in [6, 6.07) is 7.13. The molecule has 1 aromatic carbocycles. The van der Waals surface area contributed by atoms with E-state index in [1.807, 2.05) is 31.2 Å². The number of carbonyl (C=O) groups is 2. The van der Waals surface area contributed by atoms with Crippen LogP contribution in [0.2, 0.25) is 0 Å². The second-order valence-corrected chi connectivity index (χ2v) is 5.85. The number of methoxy groups -OCH3 is 1. The number of para-hydroxylation sites is 2. The molecule has 1 aromatic rings. The molecule has 2 rings (SSSR count). The lowest BCUT2D eigenvalue weighted by atomic mass is 10.2. The van der Waals surface area contributed by atoms with Crippen molar-refractivity contribution >= 4 is 17.5 Å². The van der Waals surface area contributed by atoms with Crippen molar-refractivity contribution < 1.29 is 14.3 Å². The number of carbonyl (C=O) groups excluding carboxylic acids is 2. The minimum absolute atomic E-state index is 0.0189. The Morgan fingerprint density at radius 3 is 2.50 bits per heavy atom. The number of anilines is 1. The van der Waals surface area contributed by atoms with E-state index in [-0.39, 0.29) is 17.9 Å². The molecule has 7 nitrogen and oxygen atoms in total. The Hall–Kier alpha value is -2.12. The zero-order valence-electron chi connectivity index (χ0n) is 14.5. The number of ether oxygens (including phenoxy) is 1. The van der Waals surface area contributed by atoms with Gasteiger partial charge in [-0.25, -0.2) is 0 Å². The highest BCUT2D eigenvalue weighted by atomic mass is 16.5. The maximum atomic E-state index is 12.5. The first-order valence-corrected chi connectivity index (χ1v) is 8.16. The standard InChI is InChI=1S/C17H26N4O3/c1-13(17(23)19-14-6-4-5-7-15(14)24-3)21-10-8-20(9-11-21)12-16(22)18-2/h4-7,13H,8-12H2,1-3H3,(H,18,22)(H,19,23)/t13-/m1/s1. The van der Waals surface area contributed by atoms with Crippen molar-refractivity contribution in [2.75, 3.05) is 52.2 Å². The number of nitrogens with zero attached hydrogens (tertiary/aromatic N) is 2. The van der Waals surface area contributed by atoms with Crippen molar-refractivity contribution in [2.24, 2.45) is 0 Å². The van der Waals surface area contributed by atoms with Crippen LogP contribution in [0.4, 0.5) is 5.69 Å². The molecule has 0 spiro atoms. The van der Waals surface area contributed by atoms with Gasteiger partial charge in [-0.05, 0) is 19.1 Å². The summed E-state index contributed by atoms with van der Waals surface area (Å²) in [4.78, 5) is 28.2. The highest BCUT2D eigenvalue weighted by Crippen LogP contribution is 2.23. The van der Waals surface area contributed by atoms with E-state index < -0.39 is 0 Å². The van der Waals surface area contributed by atoms with Gasteiger partial charge in [0.25, 0.3) is 0 Å². The maximum Gasteiger partial charge on any atom is 0.241 e. The molecule has 0 aromatic heterocycles. The minimum Gasteiger partial charge on any atom is -0.495 e. The van der Waals surface area contributed by atoms with Crippen LogP contribution in [0, 0.1) is 0 Å². The summed E-state index contributed by atoms with van der Waals surface area (Å²) in [5.74, 6) is 0.609. The largest absolute Gasteiger partial charge is 0.495 e. The highest BCUT2D eigenvalue weighted by Gasteiger charge is 2.26. The van der Waals surface area contributed by atoms with Gasteiger partial charge in [0.1, 0.15) is 5.75 Å². The minimum atomic E-state index is -0.239. The average molecular weight is 334 g/mol. The van der Waals surface area contributed by atoms with Crippen LogP contribution >= 0.6 is 0 Å². The van der Waals surface area contributed by atoms with Gasteiger partial charge in [-0.15, -0.1) is 0 Å². The maximum absolute atomic E-state index is 12.5. The summed E-state index contributed by atoms with van der Waals surface area (Å²) in [5, 5.41) is 5.56. The predicted molar refractivity (Wildman–Crippen MR) is 93.2 cm³/mol. The number of piperazine rings is 1. The van der Waals surface area contributed by atoms with Crippen LogP contribution in [0.15, 0.2) is 24.3 Å². The van der Waals surface area contributed by atoms with E-state index in [4.69, 9.17) is 4.74 Å². The van der Waals surface area contributed by atoms with Crippen molar-refractivity contribution in [2.45, 2.75) is 13.0 Å². The first kappa shape index (κ1) is 18.2. The number of likely N-dealkylation sites (N-methyl/N-ethyl adjacent to an activating group) is 1. The van der Waals surface area contributed by atoms with Gasteiger partial charge in [-0.1, -0.05) is 12.1 Å². The van der Waals surface area contributed by atoms with Crippen LogP contribution in [0.25, 0.3) is 0 Å². The molecule has 0 aliphatic carbocycles. The van der Waals surface area contributed by atoms with Gasteiger partial charge >= 0.3 is 0 Å². The molecule has 0 radical (unpaired) electrons. The smallest absolute Gasteiger partial charge is 0.241 e. The molecule has 2 amide bonds. The summed E-state index contributed by atoms with van der Waals surface area (Å²) in [6.07, 6.45) is 0. The summed E-state index contributed by atoms with van der Waals surface area (Å²) in [6.45, 7) is 5.39. The Balaban J connectivity index is 1.87. The molecule has 1 atom stereocenters. The fourth-order valence-corrected chi connectivity index (χ4v) is 2.74.